The normalized spacial score (nSPS) is 22.0. The number of hydrogen-bond donors (Lipinski definition) is 1. The van der Waals surface area contributed by atoms with Gasteiger partial charge in [-0.05, 0) is 32.5 Å². The molecule has 18 heavy (non-hydrogen) atoms. The molecule has 1 aromatic heterocycles. The Bertz CT molecular complexity index is 425. The average Bonchev–Trinajstić information content (AvgIpc) is 2.53. The van der Waals surface area contributed by atoms with Gasteiger partial charge in [0.2, 0.25) is 0 Å². The van der Waals surface area contributed by atoms with Gasteiger partial charge < -0.3 is 14.9 Å². The Morgan fingerprint density at radius 1 is 1.39 bits per heavy atom. The summed E-state index contributed by atoms with van der Waals surface area (Å²) in [5.74, 6) is 0.0468. The fourth-order valence-corrected chi connectivity index (χ4v) is 3.17. The van der Waals surface area contributed by atoms with E-state index in [-0.39, 0.29) is 5.91 Å². The highest BCUT2D eigenvalue weighted by atomic mass is 32.1. The third-order valence-corrected chi connectivity index (χ3v) is 4.51. The molecule has 0 radical (unpaired) electrons. The topological polar surface area (TPSA) is 43.8 Å². The van der Waals surface area contributed by atoms with Crippen LogP contribution >= 0.6 is 11.3 Å². The second kappa shape index (κ2) is 5.38. The number of aliphatic hydroxyl groups is 1. The molecule has 5 heteroatoms. The number of likely N-dealkylation sites (N-methyl/N-ethyl adjacent to an activating group) is 1. The third kappa shape index (κ3) is 2.91. The molecule has 0 aliphatic carbocycles. The molecular weight excluding hydrogens is 248 g/mol. The third-order valence-electron chi connectivity index (χ3n) is 3.37. The van der Waals surface area contributed by atoms with Gasteiger partial charge in [-0.15, -0.1) is 11.3 Å². The Morgan fingerprint density at radius 2 is 2.11 bits per heavy atom. The van der Waals surface area contributed by atoms with Crippen LogP contribution in [0.1, 0.15) is 20.1 Å². The Hall–Kier alpha value is -0.910. The van der Waals surface area contributed by atoms with Crippen LogP contribution in [0.3, 0.4) is 0 Å². The summed E-state index contributed by atoms with van der Waals surface area (Å²) >= 11 is 1.54. The van der Waals surface area contributed by atoms with Crippen LogP contribution in [0.25, 0.3) is 0 Å². The van der Waals surface area contributed by atoms with Gasteiger partial charge in [-0.3, -0.25) is 4.79 Å². The fourth-order valence-electron chi connectivity index (χ4n) is 2.16. The molecular formula is C13H20N2O2S. The van der Waals surface area contributed by atoms with Gasteiger partial charge in [0.15, 0.2) is 0 Å². The highest BCUT2D eigenvalue weighted by Crippen LogP contribution is 2.22. The van der Waals surface area contributed by atoms with Crippen molar-refractivity contribution in [1.82, 2.24) is 9.80 Å². The van der Waals surface area contributed by atoms with E-state index in [4.69, 9.17) is 0 Å². The van der Waals surface area contributed by atoms with Crippen molar-refractivity contribution >= 4 is 17.2 Å². The van der Waals surface area contributed by atoms with Crippen molar-refractivity contribution in [3.05, 3.63) is 21.4 Å². The molecule has 0 bridgehead atoms. The summed E-state index contributed by atoms with van der Waals surface area (Å²) in [6, 6.07) is 1.95. The lowest BCUT2D eigenvalue weighted by Crippen LogP contribution is -2.37. The molecule has 1 amide bonds. The first-order valence-corrected chi connectivity index (χ1v) is 7.02. The maximum absolute atomic E-state index is 12.4. The van der Waals surface area contributed by atoms with Crippen molar-refractivity contribution in [2.24, 2.45) is 0 Å². The van der Waals surface area contributed by atoms with Gasteiger partial charge in [-0.25, -0.2) is 0 Å². The van der Waals surface area contributed by atoms with Crippen LogP contribution < -0.4 is 0 Å². The van der Waals surface area contributed by atoms with Crippen LogP contribution in [0.15, 0.2) is 6.07 Å². The van der Waals surface area contributed by atoms with E-state index in [2.05, 4.69) is 4.90 Å². The fraction of sp³-hybridized carbons (Fsp3) is 0.615. The first-order chi connectivity index (χ1) is 8.47. The van der Waals surface area contributed by atoms with E-state index in [1.807, 2.05) is 27.0 Å². The summed E-state index contributed by atoms with van der Waals surface area (Å²) in [6.45, 7) is 6.61. The minimum Gasteiger partial charge on any atom is -0.390 e. The van der Waals surface area contributed by atoms with Gasteiger partial charge in [-0.1, -0.05) is 0 Å². The summed E-state index contributed by atoms with van der Waals surface area (Å²) in [4.78, 5) is 18.2. The van der Waals surface area contributed by atoms with Crippen LogP contribution in [-0.2, 0) is 0 Å². The minimum atomic E-state index is -0.455. The van der Waals surface area contributed by atoms with Gasteiger partial charge >= 0.3 is 0 Å². The number of carbonyl (C=O) groups is 1. The highest BCUT2D eigenvalue weighted by Gasteiger charge is 2.24. The molecule has 0 unspecified atom stereocenters. The summed E-state index contributed by atoms with van der Waals surface area (Å²) < 4.78 is 0. The Kier molecular flexibility index (Phi) is 4.04. The molecule has 1 atom stereocenters. The number of β-amino-alcohol motifs (C(OH)–C–C–N with tert-alkyl or cyclic N) is 1. The lowest BCUT2D eigenvalue weighted by molar-refractivity contribution is 0.0671. The van der Waals surface area contributed by atoms with Crippen LogP contribution in [0.4, 0.5) is 0 Å². The molecule has 0 saturated carbocycles. The zero-order valence-corrected chi connectivity index (χ0v) is 12.0. The Balaban J connectivity index is 2.12. The smallest absolute Gasteiger partial charge is 0.264 e. The number of amides is 1. The van der Waals surface area contributed by atoms with E-state index < -0.39 is 6.10 Å². The van der Waals surface area contributed by atoms with E-state index in [0.29, 0.717) is 19.6 Å². The van der Waals surface area contributed by atoms with E-state index in [1.165, 1.54) is 16.2 Å². The molecule has 0 spiro atoms. The van der Waals surface area contributed by atoms with Gasteiger partial charge in [0.25, 0.3) is 5.91 Å². The summed E-state index contributed by atoms with van der Waals surface area (Å²) in [6.07, 6.45) is -0.455. The largest absolute Gasteiger partial charge is 0.390 e. The summed E-state index contributed by atoms with van der Waals surface area (Å²) in [7, 11) is 1.97. The molecule has 1 aliphatic rings. The molecule has 2 heterocycles. The van der Waals surface area contributed by atoms with Crippen molar-refractivity contribution in [2.75, 3.05) is 33.2 Å². The number of carbonyl (C=O) groups excluding carboxylic acids is 1. The monoisotopic (exact) mass is 268 g/mol. The number of aliphatic hydroxyl groups excluding tert-OH is 1. The standard InChI is InChI=1S/C13H20N2O2S/c1-9-6-12(18-10(9)2)13(17)15-5-4-14(3)7-11(16)8-15/h6,11,16H,4-5,7-8H2,1-3H3/t11-/m0/s1. The summed E-state index contributed by atoms with van der Waals surface area (Å²) in [5, 5.41) is 9.85. The zero-order chi connectivity index (χ0) is 13.3. The van der Waals surface area contributed by atoms with E-state index in [1.54, 1.807) is 4.90 Å². The first kappa shape index (κ1) is 13.5. The predicted molar refractivity (Wildman–Crippen MR) is 73.2 cm³/mol. The van der Waals surface area contributed by atoms with Crippen LogP contribution in [0, 0.1) is 13.8 Å². The number of hydrogen-bond acceptors (Lipinski definition) is 4. The molecule has 1 fully saturated rings. The molecule has 2 rings (SSSR count). The quantitative estimate of drug-likeness (QED) is 0.830. The average molecular weight is 268 g/mol. The number of rotatable bonds is 1. The van der Waals surface area contributed by atoms with Gasteiger partial charge in [0, 0.05) is 31.1 Å². The molecule has 0 aromatic carbocycles. The van der Waals surface area contributed by atoms with Crippen LogP contribution in [0.2, 0.25) is 0 Å². The lowest BCUT2D eigenvalue weighted by atomic mass is 10.2. The second-order valence-electron chi connectivity index (χ2n) is 5.02. The van der Waals surface area contributed by atoms with Crippen molar-refractivity contribution in [3.63, 3.8) is 0 Å². The molecule has 100 valence electrons. The second-order valence-corrected chi connectivity index (χ2v) is 6.27. The minimum absolute atomic E-state index is 0.0468. The van der Waals surface area contributed by atoms with E-state index >= 15 is 0 Å². The molecule has 1 saturated heterocycles. The van der Waals surface area contributed by atoms with Crippen molar-refractivity contribution in [3.8, 4) is 0 Å². The molecule has 1 aromatic rings. The van der Waals surface area contributed by atoms with Crippen LogP contribution in [-0.4, -0.2) is 60.1 Å². The number of nitrogens with zero attached hydrogens (tertiary/aromatic N) is 2. The van der Waals surface area contributed by atoms with Crippen molar-refractivity contribution < 1.29 is 9.90 Å². The van der Waals surface area contributed by atoms with Gasteiger partial charge in [0.1, 0.15) is 0 Å². The van der Waals surface area contributed by atoms with Crippen molar-refractivity contribution in [2.45, 2.75) is 20.0 Å². The Labute approximate surface area is 112 Å². The van der Waals surface area contributed by atoms with Crippen LogP contribution in [0.5, 0.6) is 0 Å². The number of aryl methyl sites for hydroxylation is 2. The molecule has 1 aliphatic heterocycles. The first-order valence-electron chi connectivity index (χ1n) is 6.20. The number of thiophene rings is 1. The predicted octanol–water partition coefficient (Wildman–Crippen LogP) is 1.11. The van der Waals surface area contributed by atoms with Gasteiger partial charge in [-0.2, -0.15) is 0 Å². The van der Waals surface area contributed by atoms with Gasteiger partial charge in [0.05, 0.1) is 11.0 Å². The maximum atomic E-state index is 12.4. The van der Waals surface area contributed by atoms with Crippen molar-refractivity contribution in [1.29, 1.82) is 0 Å². The van der Waals surface area contributed by atoms with E-state index in [9.17, 15) is 9.90 Å². The highest BCUT2D eigenvalue weighted by molar-refractivity contribution is 7.14. The summed E-state index contributed by atoms with van der Waals surface area (Å²) in [5.41, 5.74) is 1.16. The maximum Gasteiger partial charge on any atom is 0.264 e. The lowest BCUT2D eigenvalue weighted by Gasteiger charge is -2.20. The SMILES string of the molecule is Cc1cc(C(=O)N2CCN(C)C[C@H](O)C2)sc1C. The van der Waals surface area contributed by atoms with E-state index in [0.717, 1.165) is 17.0 Å². The molecule has 4 nitrogen and oxygen atoms in total. The molecule has 1 N–H and O–H groups in total. The Morgan fingerprint density at radius 3 is 2.72 bits per heavy atom. The zero-order valence-electron chi connectivity index (χ0n) is 11.1.